The molecule has 1 aromatic heterocycles. The fraction of sp³-hybridized carbons (Fsp3) is 0.130. The van der Waals surface area contributed by atoms with Crippen molar-refractivity contribution in [3.05, 3.63) is 87.4 Å². The molecule has 5 nitrogen and oxygen atoms in total. The molecule has 1 N–H and O–H groups in total. The third-order valence-electron chi connectivity index (χ3n) is 4.61. The van der Waals surface area contributed by atoms with Crippen molar-refractivity contribution < 1.29 is 4.74 Å². The molecular weight excluding hydrogens is 464 g/mol. The van der Waals surface area contributed by atoms with Crippen molar-refractivity contribution in [3.63, 3.8) is 0 Å². The number of hydrogen-bond donors (Lipinski definition) is 1. The van der Waals surface area contributed by atoms with Gasteiger partial charge in [-0.1, -0.05) is 35.9 Å². The van der Waals surface area contributed by atoms with Gasteiger partial charge in [-0.05, 0) is 76.4 Å². The maximum Gasteiger partial charge on any atom is 0.224 e. The summed E-state index contributed by atoms with van der Waals surface area (Å²) < 4.78 is 8.85. The Balaban J connectivity index is 1.42. The Labute approximate surface area is 188 Å². The van der Waals surface area contributed by atoms with Crippen molar-refractivity contribution >= 4 is 50.7 Å². The molecule has 3 aromatic carbocycles. The predicted molar refractivity (Wildman–Crippen MR) is 127 cm³/mol. The molecule has 0 bridgehead atoms. The maximum atomic E-state index is 5.92. The van der Waals surface area contributed by atoms with Crippen LogP contribution in [0.15, 0.2) is 76.3 Å². The summed E-state index contributed by atoms with van der Waals surface area (Å²) in [6.45, 7) is 3.37. The number of hydrazone groups is 1. The number of aryl methyl sites for hydroxylation is 1. The standard InChI is InChI=1S/C23H20BrClN4O/c1-2-29-21-6-4-3-5-20(21)27-23(29)28-26-14-17-9-12-22(19(24)13-17)30-15-16-7-10-18(25)11-8-16/h3-14H,2,15H2,1H3,(H,27,28)/b26-14-. The van der Waals surface area contributed by atoms with Crippen molar-refractivity contribution in [1.29, 1.82) is 0 Å². The molecule has 4 aromatic rings. The molecule has 0 saturated carbocycles. The number of para-hydroxylation sites is 2. The van der Waals surface area contributed by atoms with E-state index < -0.39 is 0 Å². The van der Waals surface area contributed by atoms with Gasteiger partial charge >= 0.3 is 0 Å². The average molecular weight is 484 g/mol. The zero-order chi connectivity index (χ0) is 20.9. The highest BCUT2D eigenvalue weighted by Crippen LogP contribution is 2.26. The SMILES string of the molecule is CCn1c(N/N=C\c2ccc(OCc3ccc(Cl)cc3)c(Br)c2)nc2ccccc21. The molecule has 0 atom stereocenters. The molecule has 0 aliphatic heterocycles. The fourth-order valence-corrected chi connectivity index (χ4v) is 3.74. The number of halogens is 2. The van der Waals surface area contributed by atoms with E-state index in [2.05, 4.69) is 49.0 Å². The number of aromatic nitrogens is 2. The number of ether oxygens (including phenoxy) is 1. The summed E-state index contributed by atoms with van der Waals surface area (Å²) in [5.41, 5.74) is 7.08. The Kier molecular flexibility index (Phi) is 6.35. The second-order valence-corrected chi connectivity index (χ2v) is 7.93. The number of fused-ring (bicyclic) bond motifs is 1. The van der Waals surface area contributed by atoms with Crippen molar-refractivity contribution in [2.45, 2.75) is 20.1 Å². The van der Waals surface area contributed by atoms with Gasteiger partial charge in [-0.15, -0.1) is 0 Å². The largest absolute Gasteiger partial charge is 0.488 e. The number of hydrogen-bond acceptors (Lipinski definition) is 4. The smallest absolute Gasteiger partial charge is 0.224 e. The Bertz CT molecular complexity index is 1190. The molecule has 7 heteroatoms. The normalized spacial score (nSPS) is 11.3. The lowest BCUT2D eigenvalue weighted by Gasteiger charge is -2.09. The number of benzene rings is 3. The number of anilines is 1. The molecule has 30 heavy (non-hydrogen) atoms. The molecule has 0 spiro atoms. The summed E-state index contributed by atoms with van der Waals surface area (Å²) in [5.74, 6) is 1.49. The van der Waals surface area contributed by atoms with E-state index in [0.29, 0.717) is 11.6 Å². The molecule has 0 fully saturated rings. The Morgan fingerprint density at radius 1 is 1.13 bits per heavy atom. The molecule has 0 aliphatic rings. The highest BCUT2D eigenvalue weighted by atomic mass is 79.9. The molecule has 0 aliphatic carbocycles. The number of imidazole rings is 1. The molecule has 0 amide bonds. The van der Waals surface area contributed by atoms with Gasteiger partial charge in [0.25, 0.3) is 0 Å². The summed E-state index contributed by atoms with van der Waals surface area (Å²) in [6, 6.07) is 21.5. The summed E-state index contributed by atoms with van der Waals surface area (Å²) in [4.78, 5) is 4.61. The van der Waals surface area contributed by atoms with E-state index in [1.54, 1.807) is 6.21 Å². The molecule has 1 heterocycles. The van der Waals surface area contributed by atoms with Crippen LogP contribution in [-0.4, -0.2) is 15.8 Å². The van der Waals surface area contributed by atoms with Crippen LogP contribution in [0.1, 0.15) is 18.1 Å². The van der Waals surface area contributed by atoms with Crippen LogP contribution in [-0.2, 0) is 13.2 Å². The van der Waals surface area contributed by atoms with Gasteiger partial charge in [0.05, 0.1) is 21.7 Å². The molecule has 0 radical (unpaired) electrons. The Morgan fingerprint density at radius 2 is 1.93 bits per heavy atom. The number of rotatable bonds is 7. The highest BCUT2D eigenvalue weighted by Gasteiger charge is 2.08. The number of nitrogens with zero attached hydrogens (tertiary/aromatic N) is 3. The van der Waals surface area contributed by atoms with E-state index in [1.807, 2.05) is 60.7 Å². The van der Waals surface area contributed by atoms with Gasteiger partial charge in [0.2, 0.25) is 5.95 Å². The zero-order valence-corrected chi connectivity index (χ0v) is 18.7. The van der Waals surface area contributed by atoms with E-state index in [9.17, 15) is 0 Å². The van der Waals surface area contributed by atoms with Crippen LogP contribution in [0.3, 0.4) is 0 Å². The van der Waals surface area contributed by atoms with Gasteiger partial charge in [-0.3, -0.25) is 0 Å². The van der Waals surface area contributed by atoms with Crippen LogP contribution in [0.2, 0.25) is 5.02 Å². The molecule has 0 unspecified atom stereocenters. The lowest BCUT2D eigenvalue weighted by atomic mass is 10.2. The first kappa shape index (κ1) is 20.4. The maximum absolute atomic E-state index is 5.92. The van der Waals surface area contributed by atoms with Crippen molar-refractivity contribution in [1.82, 2.24) is 9.55 Å². The monoisotopic (exact) mass is 482 g/mol. The summed E-state index contributed by atoms with van der Waals surface area (Å²) >= 11 is 9.49. The minimum atomic E-state index is 0.470. The minimum Gasteiger partial charge on any atom is -0.488 e. The van der Waals surface area contributed by atoms with Crippen LogP contribution in [0.4, 0.5) is 5.95 Å². The van der Waals surface area contributed by atoms with Crippen LogP contribution < -0.4 is 10.2 Å². The fourth-order valence-electron chi connectivity index (χ4n) is 3.10. The minimum absolute atomic E-state index is 0.470. The predicted octanol–water partition coefficient (Wildman–Crippen LogP) is 6.50. The summed E-state index contributed by atoms with van der Waals surface area (Å²) in [7, 11) is 0. The summed E-state index contributed by atoms with van der Waals surface area (Å²) in [5, 5.41) is 5.07. The van der Waals surface area contributed by atoms with Crippen LogP contribution in [0.5, 0.6) is 5.75 Å². The summed E-state index contributed by atoms with van der Waals surface area (Å²) in [6.07, 6.45) is 1.76. The molecule has 4 rings (SSSR count). The van der Waals surface area contributed by atoms with Gasteiger partial charge in [-0.2, -0.15) is 5.10 Å². The molecule has 152 valence electrons. The second kappa shape index (κ2) is 9.32. The molecular formula is C23H20BrClN4O. The van der Waals surface area contributed by atoms with Crippen LogP contribution >= 0.6 is 27.5 Å². The second-order valence-electron chi connectivity index (χ2n) is 6.64. The van der Waals surface area contributed by atoms with Crippen molar-refractivity contribution in [3.8, 4) is 5.75 Å². The quantitative estimate of drug-likeness (QED) is 0.241. The third-order valence-corrected chi connectivity index (χ3v) is 5.48. The van der Waals surface area contributed by atoms with Crippen molar-refractivity contribution in [2.24, 2.45) is 5.10 Å². The first-order chi connectivity index (χ1) is 14.6. The van der Waals surface area contributed by atoms with E-state index in [0.717, 1.165) is 44.9 Å². The van der Waals surface area contributed by atoms with E-state index in [1.165, 1.54) is 0 Å². The van der Waals surface area contributed by atoms with E-state index in [4.69, 9.17) is 16.3 Å². The highest BCUT2D eigenvalue weighted by molar-refractivity contribution is 9.10. The average Bonchev–Trinajstić information content (AvgIpc) is 3.11. The van der Waals surface area contributed by atoms with Gasteiger partial charge < -0.3 is 9.30 Å². The van der Waals surface area contributed by atoms with Gasteiger partial charge in [0, 0.05) is 11.6 Å². The Morgan fingerprint density at radius 3 is 2.70 bits per heavy atom. The topological polar surface area (TPSA) is 51.4 Å². The lowest BCUT2D eigenvalue weighted by Crippen LogP contribution is -2.02. The van der Waals surface area contributed by atoms with E-state index >= 15 is 0 Å². The Hall–Kier alpha value is -2.83. The molecule has 0 saturated heterocycles. The van der Waals surface area contributed by atoms with Gasteiger partial charge in [-0.25, -0.2) is 10.4 Å². The van der Waals surface area contributed by atoms with Crippen LogP contribution in [0.25, 0.3) is 11.0 Å². The van der Waals surface area contributed by atoms with Gasteiger partial charge in [0.1, 0.15) is 12.4 Å². The lowest BCUT2D eigenvalue weighted by molar-refractivity contribution is 0.304. The van der Waals surface area contributed by atoms with Crippen LogP contribution in [0, 0.1) is 0 Å². The van der Waals surface area contributed by atoms with E-state index in [-0.39, 0.29) is 0 Å². The van der Waals surface area contributed by atoms with Gasteiger partial charge in [0.15, 0.2) is 0 Å². The zero-order valence-electron chi connectivity index (χ0n) is 16.3. The first-order valence-electron chi connectivity index (χ1n) is 9.55. The van der Waals surface area contributed by atoms with Crippen molar-refractivity contribution in [2.75, 3.05) is 5.43 Å². The first-order valence-corrected chi connectivity index (χ1v) is 10.7. The third kappa shape index (κ3) is 4.66. The number of nitrogens with one attached hydrogen (secondary N) is 1.